The van der Waals surface area contributed by atoms with Crippen molar-refractivity contribution in [2.24, 2.45) is 0 Å². The van der Waals surface area contributed by atoms with Crippen LogP contribution < -0.4 is 20.1 Å². The Morgan fingerprint density at radius 2 is 1.96 bits per heavy atom. The molecule has 2 N–H and O–H groups in total. The third-order valence-electron chi connectivity index (χ3n) is 5.50. The predicted octanol–water partition coefficient (Wildman–Crippen LogP) is 1.63. The SMILES string of the molecule is C[C@]1(c2ccc3c(c2)OCO3)NC(=O)N(CC(=O)NC2CCCCC2)C1=O. The van der Waals surface area contributed by atoms with Crippen molar-refractivity contribution in [2.45, 2.75) is 50.6 Å². The lowest BCUT2D eigenvalue weighted by Gasteiger charge is -2.24. The predicted molar refractivity (Wildman–Crippen MR) is 95.2 cm³/mol. The summed E-state index contributed by atoms with van der Waals surface area (Å²) in [5.74, 6) is 0.373. The number of carbonyl (C=O) groups is 3. The van der Waals surface area contributed by atoms with Crippen molar-refractivity contribution in [1.82, 2.24) is 15.5 Å². The van der Waals surface area contributed by atoms with Crippen molar-refractivity contribution in [2.75, 3.05) is 13.3 Å². The van der Waals surface area contributed by atoms with Crippen molar-refractivity contribution in [1.29, 1.82) is 0 Å². The van der Waals surface area contributed by atoms with Crippen LogP contribution in [0, 0.1) is 0 Å². The fraction of sp³-hybridized carbons (Fsp3) is 0.526. The van der Waals surface area contributed by atoms with Crippen molar-refractivity contribution >= 4 is 17.8 Å². The molecule has 8 heteroatoms. The van der Waals surface area contributed by atoms with Crippen LogP contribution in [0.4, 0.5) is 4.79 Å². The third kappa shape index (κ3) is 3.20. The number of nitrogens with one attached hydrogen (secondary N) is 2. The Morgan fingerprint density at radius 1 is 1.22 bits per heavy atom. The number of nitrogens with zero attached hydrogens (tertiary/aromatic N) is 1. The summed E-state index contributed by atoms with van der Waals surface area (Å²) >= 11 is 0. The molecule has 2 aliphatic heterocycles. The molecule has 8 nitrogen and oxygen atoms in total. The van der Waals surface area contributed by atoms with Crippen molar-refractivity contribution in [3.05, 3.63) is 23.8 Å². The van der Waals surface area contributed by atoms with Gasteiger partial charge in [-0.15, -0.1) is 0 Å². The maximum Gasteiger partial charge on any atom is 0.325 e. The molecule has 2 fully saturated rings. The smallest absolute Gasteiger partial charge is 0.325 e. The first-order valence-electron chi connectivity index (χ1n) is 9.31. The number of ether oxygens (including phenoxy) is 2. The number of imide groups is 1. The van der Waals surface area contributed by atoms with E-state index in [4.69, 9.17) is 9.47 Å². The highest BCUT2D eigenvalue weighted by Crippen LogP contribution is 2.37. The van der Waals surface area contributed by atoms with Gasteiger partial charge in [0.25, 0.3) is 5.91 Å². The average Bonchev–Trinajstić information content (AvgIpc) is 3.21. The summed E-state index contributed by atoms with van der Waals surface area (Å²) in [6, 6.07) is 4.68. The van der Waals surface area contributed by atoms with Crippen LogP contribution in [0.25, 0.3) is 0 Å². The molecular formula is C19H23N3O5. The van der Waals surface area contributed by atoms with Gasteiger partial charge in [0.05, 0.1) is 0 Å². The van der Waals surface area contributed by atoms with Crippen LogP contribution >= 0.6 is 0 Å². The van der Waals surface area contributed by atoms with Crippen molar-refractivity contribution in [3.8, 4) is 11.5 Å². The number of hydrogen-bond acceptors (Lipinski definition) is 5. The van der Waals surface area contributed by atoms with Gasteiger partial charge in [-0.05, 0) is 37.5 Å². The molecule has 3 aliphatic rings. The molecule has 0 aromatic heterocycles. The number of rotatable bonds is 4. The topological polar surface area (TPSA) is 97.0 Å². The first-order chi connectivity index (χ1) is 13.0. The highest BCUT2D eigenvalue weighted by molar-refractivity contribution is 6.09. The summed E-state index contributed by atoms with van der Waals surface area (Å²) in [5.41, 5.74) is -0.663. The number of amides is 4. The second kappa shape index (κ2) is 6.75. The molecule has 144 valence electrons. The van der Waals surface area contributed by atoms with Gasteiger partial charge >= 0.3 is 6.03 Å². The van der Waals surface area contributed by atoms with Gasteiger partial charge in [0.1, 0.15) is 12.1 Å². The summed E-state index contributed by atoms with van der Waals surface area (Å²) in [7, 11) is 0. The van der Waals surface area contributed by atoms with Crippen LogP contribution in [0.2, 0.25) is 0 Å². The van der Waals surface area contributed by atoms with Gasteiger partial charge in [-0.25, -0.2) is 4.79 Å². The zero-order chi connectivity index (χ0) is 19.0. The average molecular weight is 373 g/mol. The van der Waals surface area contributed by atoms with Gasteiger partial charge in [0.15, 0.2) is 11.5 Å². The van der Waals surface area contributed by atoms with Gasteiger partial charge in [0, 0.05) is 6.04 Å². The van der Waals surface area contributed by atoms with Crippen LogP contribution in [-0.4, -0.2) is 42.1 Å². The normalized spacial score (nSPS) is 24.9. The van der Waals surface area contributed by atoms with Crippen molar-refractivity contribution < 1.29 is 23.9 Å². The van der Waals surface area contributed by atoms with Gasteiger partial charge in [0.2, 0.25) is 12.7 Å². The maximum absolute atomic E-state index is 13.0. The molecule has 1 atom stereocenters. The van der Waals surface area contributed by atoms with E-state index in [1.165, 1.54) is 6.42 Å². The Labute approximate surface area is 157 Å². The molecule has 4 rings (SSSR count). The van der Waals surface area contributed by atoms with Crippen LogP contribution in [0.5, 0.6) is 11.5 Å². The molecule has 4 amide bonds. The Morgan fingerprint density at radius 3 is 2.74 bits per heavy atom. The summed E-state index contributed by atoms with van der Waals surface area (Å²) < 4.78 is 10.6. The number of fused-ring (bicyclic) bond motifs is 1. The van der Waals surface area contributed by atoms with Crippen LogP contribution in [0.15, 0.2) is 18.2 Å². The number of carbonyl (C=O) groups excluding carboxylic acids is 3. The zero-order valence-corrected chi connectivity index (χ0v) is 15.2. The first-order valence-corrected chi connectivity index (χ1v) is 9.31. The van der Waals surface area contributed by atoms with Gasteiger partial charge in [-0.2, -0.15) is 0 Å². The molecular weight excluding hydrogens is 350 g/mol. The summed E-state index contributed by atoms with van der Waals surface area (Å²) in [6.07, 6.45) is 5.27. The van der Waals surface area contributed by atoms with E-state index in [9.17, 15) is 14.4 Å². The summed E-state index contributed by atoms with van der Waals surface area (Å²) in [5, 5.41) is 5.65. The van der Waals surface area contributed by atoms with Gasteiger partial charge in [-0.3, -0.25) is 14.5 Å². The Kier molecular flexibility index (Phi) is 4.41. The van der Waals surface area contributed by atoms with E-state index in [-0.39, 0.29) is 25.3 Å². The second-order valence-electron chi connectivity index (χ2n) is 7.42. The van der Waals surface area contributed by atoms with E-state index in [0.29, 0.717) is 17.1 Å². The third-order valence-corrected chi connectivity index (χ3v) is 5.50. The van der Waals surface area contributed by atoms with E-state index in [0.717, 1.165) is 30.6 Å². The fourth-order valence-corrected chi connectivity index (χ4v) is 3.91. The molecule has 2 heterocycles. The molecule has 0 spiro atoms. The number of hydrogen-bond donors (Lipinski definition) is 2. The monoisotopic (exact) mass is 373 g/mol. The van der Waals surface area contributed by atoms with Crippen LogP contribution in [-0.2, 0) is 15.1 Å². The molecule has 1 saturated heterocycles. The lowest BCUT2D eigenvalue weighted by atomic mass is 9.91. The molecule has 1 aliphatic carbocycles. The lowest BCUT2D eigenvalue weighted by Crippen LogP contribution is -2.45. The highest BCUT2D eigenvalue weighted by atomic mass is 16.7. The molecule has 0 bridgehead atoms. The van der Waals surface area contributed by atoms with E-state index in [1.54, 1.807) is 25.1 Å². The molecule has 0 unspecified atom stereocenters. The Balaban J connectivity index is 1.47. The largest absolute Gasteiger partial charge is 0.454 e. The fourth-order valence-electron chi connectivity index (χ4n) is 3.91. The van der Waals surface area contributed by atoms with E-state index < -0.39 is 17.5 Å². The van der Waals surface area contributed by atoms with Gasteiger partial charge in [-0.1, -0.05) is 25.3 Å². The minimum absolute atomic E-state index is 0.128. The zero-order valence-electron chi connectivity index (χ0n) is 15.2. The molecule has 1 saturated carbocycles. The Hall–Kier alpha value is -2.77. The lowest BCUT2D eigenvalue weighted by molar-refractivity contribution is -0.135. The van der Waals surface area contributed by atoms with E-state index in [1.807, 2.05) is 0 Å². The summed E-state index contributed by atoms with van der Waals surface area (Å²) in [4.78, 5) is 38.7. The number of urea groups is 1. The number of benzene rings is 1. The molecule has 1 aromatic carbocycles. The van der Waals surface area contributed by atoms with Crippen LogP contribution in [0.3, 0.4) is 0 Å². The molecule has 0 radical (unpaired) electrons. The van der Waals surface area contributed by atoms with E-state index >= 15 is 0 Å². The van der Waals surface area contributed by atoms with Crippen molar-refractivity contribution in [3.63, 3.8) is 0 Å². The van der Waals surface area contributed by atoms with Gasteiger partial charge < -0.3 is 20.1 Å². The minimum Gasteiger partial charge on any atom is -0.454 e. The van der Waals surface area contributed by atoms with Crippen LogP contribution in [0.1, 0.15) is 44.6 Å². The standard InChI is InChI=1S/C19H23N3O5/c1-19(12-7-8-14-15(9-12)27-11-26-14)17(24)22(18(25)21-19)10-16(23)20-13-5-3-2-4-6-13/h7-9,13H,2-6,10-11H2,1H3,(H,20,23)(H,21,25)/t19-/m1/s1. The first kappa shape index (κ1) is 17.6. The molecule has 1 aromatic rings. The quantitative estimate of drug-likeness (QED) is 0.782. The van der Waals surface area contributed by atoms with E-state index in [2.05, 4.69) is 10.6 Å². The maximum atomic E-state index is 13.0. The Bertz CT molecular complexity index is 790. The second-order valence-corrected chi connectivity index (χ2v) is 7.42. The molecule has 27 heavy (non-hydrogen) atoms. The summed E-state index contributed by atoms with van der Waals surface area (Å²) in [6.45, 7) is 1.48. The minimum atomic E-state index is -1.25. The highest BCUT2D eigenvalue weighted by Gasteiger charge is 2.50.